The zero-order chi connectivity index (χ0) is 18.9. The Morgan fingerprint density at radius 3 is 1.92 bits per heavy atom. The molecular formula is C23H45NO2. The van der Waals surface area contributed by atoms with E-state index >= 15 is 0 Å². The summed E-state index contributed by atoms with van der Waals surface area (Å²) in [6, 6.07) is 0. The minimum absolute atomic E-state index is 0.123. The lowest BCUT2D eigenvalue weighted by molar-refractivity contribution is -0.140. The van der Waals surface area contributed by atoms with E-state index in [1.54, 1.807) is 0 Å². The first-order valence-electron chi connectivity index (χ1n) is 11.6. The summed E-state index contributed by atoms with van der Waals surface area (Å²) in [6.07, 6.45) is 21.9. The number of unbranched alkanes of at least 4 members (excludes halogenated alkanes) is 10. The van der Waals surface area contributed by atoms with Gasteiger partial charge in [0.15, 0.2) is 0 Å². The van der Waals surface area contributed by atoms with E-state index in [9.17, 15) is 4.79 Å². The van der Waals surface area contributed by atoms with Crippen LogP contribution in [0, 0.1) is 11.8 Å². The van der Waals surface area contributed by atoms with E-state index in [-0.39, 0.29) is 5.97 Å². The molecule has 0 aliphatic heterocycles. The molecule has 0 amide bonds. The highest BCUT2D eigenvalue weighted by molar-refractivity contribution is 5.69. The average Bonchev–Trinajstić information content (AvgIpc) is 3.40. The molecule has 0 heterocycles. The molecule has 154 valence electrons. The molecule has 0 bridgehead atoms. The van der Waals surface area contributed by atoms with Crippen molar-refractivity contribution in [2.45, 2.75) is 110 Å². The number of ether oxygens (including phenoxy) is 1. The Morgan fingerprint density at radius 2 is 1.35 bits per heavy atom. The maximum Gasteiger partial charge on any atom is 0.306 e. The third kappa shape index (κ3) is 13.6. The standard InChI is InChI=1S/C23H45NO2/c1-3-4-5-6-9-12-15-21-20-22(21)16-13-10-7-8-11-14-18-24-19-17-23(25)26-2/h21-22,24H,3-20H2,1-2H3. The van der Waals surface area contributed by atoms with Crippen molar-refractivity contribution in [2.75, 3.05) is 20.2 Å². The van der Waals surface area contributed by atoms with Gasteiger partial charge in [-0.25, -0.2) is 0 Å². The molecular weight excluding hydrogens is 322 g/mol. The van der Waals surface area contributed by atoms with Gasteiger partial charge in [0.2, 0.25) is 0 Å². The van der Waals surface area contributed by atoms with Gasteiger partial charge in [-0.1, -0.05) is 90.4 Å². The third-order valence-electron chi connectivity index (χ3n) is 5.91. The zero-order valence-corrected chi connectivity index (χ0v) is 17.7. The lowest BCUT2D eigenvalue weighted by Gasteiger charge is -2.05. The quantitative estimate of drug-likeness (QED) is 0.216. The molecule has 1 aliphatic rings. The second-order valence-corrected chi connectivity index (χ2v) is 8.30. The van der Waals surface area contributed by atoms with Crippen molar-refractivity contribution in [1.29, 1.82) is 0 Å². The van der Waals surface area contributed by atoms with Crippen LogP contribution >= 0.6 is 0 Å². The van der Waals surface area contributed by atoms with Gasteiger partial charge < -0.3 is 10.1 Å². The summed E-state index contributed by atoms with van der Waals surface area (Å²) in [6.45, 7) is 4.06. The molecule has 26 heavy (non-hydrogen) atoms. The SMILES string of the molecule is CCCCCCCCC1CC1CCCCCCCCNCCC(=O)OC. The number of rotatable bonds is 19. The lowest BCUT2D eigenvalue weighted by Crippen LogP contribution is -2.19. The van der Waals surface area contributed by atoms with Crippen molar-refractivity contribution in [2.24, 2.45) is 11.8 Å². The predicted molar refractivity (Wildman–Crippen MR) is 111 cm³/mol. The largest absolute Gasteiger partial charge is 0.469 e. The molecule has 3 nitrogen and oxygen atoms in total. The first-order valence-corrected chi connectivity index (χ1v) is 11.6. The predicted octanol–water partition coefficient (Wildman–Crippen LogP) is 6.26. The van der Waals surface area contributed by atoms with E-state index in [4.69, 9.17) is 0 Å². The summed E-state index contributed by atoms with van der Waals surface area (Å²) in [7, 11) is 1.45. The zero-order valence-electron chi connectivity index (χ0n) is 17.7. The molecule has 1 fully saturated rings. The Hall–Kier alpha value is -0.570. The van der Waals surface area contributed by atoms with Gasteiger partial charge in [-0.15, -0.1) is 0 Å². The first-order chi connectivity index (χ1) is 12.8. The minimum Gasteiger partial charge on any atom is -0.469 e. The summed E-state index contributed by atoms with van der Waals surface area (Å²) in [4.78, 5) is 11.0. The van der Waals surface area contributed by atoms with Crippen LogP contribution < -0.4 is 5.32 Å². The summed E-state index contributed by atoms with van der Waals surface area (Å²) in [5, 5.41) is 3.31. The van der Waals surface area contributed by atoms with Crippen LogP contribution in [0.4, 0.5) is 0 Å². The molecule has 0 radical (unpaired) electrons. The molecule has 1 N–H and O–H groups in total. The summed E-state index contributed by atoms with van der Waals surface area (Å²) in [5.41, 5.74) is 0. The van der Waals surface area contributed by atoms with E-state index in [1.165, 1.54) is 103 Å². The van der Waals surface area contributed by atoms with Crippen molar-refractivity contribution < 1.29 is 9.53 Å². The van der Waals surface area contributed by atoms with Gasteiger partial charge in [0.1, 0.15) is 0 Å². The minimum atomic E-state index is -0.123. The van der Waals surface area contributed by atoms with E-state index in [0.29, 0.717) is 6.42 Å². The number of carbonyl (C=O) groups excluding carboxylic acids is 1. The van der Waals surface area contributed by atoms with E-state index in [1.807, 2.05) is 0 Å². The van der Waals surface area contributed by atoms with Crippen molar-refractivity contribution in [1.82, 2.24) is 5.32 Å². The molecule has 0 aromatic carbocycles. The highest BCUT2D eigenvalue weighted by Gasteiger charge is 2.34. The fourth-order valence-electron chi connectivity index (χ4n) is 3.99. The van der Waals surface area contributed by atoms with Crippen LogP contribution in [0.1, 0.15) is 110 Å². The molecule has 2 atom stereocenters. The Kier molecular flexibility index (Phi) is 15.0. The van der Waals surface area contributed by atoms with E-state index in [0.717, 1.165) is 24.9 Å². The van der Waals surface area contributed by atoms with Crippen LogP contribution in [0.3, 0.4) is 0 Å². The first kappa shape index (κ1) is 23.5. The molecule has 1 saturated carbocycles. The summed E-state index contributed by atoms with van der Waals surface area (Å²) >= 11 is 0. The maximum absolute atomic E-state index is 11.0. The van der Waals surface area contributed by atoms with Gasteiger partial charge in [0, 0.05) is 6.54 Å². The number of hydrogen-bond donors (Lipinski definition) is 1. The second-order valence-electron chi connectivity index (χ2n) is 8.30. The van der Waals surface area contributed by atoms with Gasteiger partial charge in [0.25, 0.3) is 0 Å². The number of carbonyl (C=O) groups is 1. The van der Waals surface area contributed by atoms with Crippen molar-refractivity contribution in [3.05, 3.63) is 0 Å². The van der Waals surface area contributed by atoms with Crippen LogP contribution in [0.25, 0.3) is 0 Å². The van der Waals surface area contributed by atoms with Crippen LogP contribution in [0.5, 0.6) is 0 Å². The molecule has 0 spiro atoms. The van der Waals surface area contributed by atoms with Crippen molar-refractivity contribution in [3.8, 4) is 0 Å². The second kappa shape index (κ2) is 16.6. The average molecular weight is 368 g/mol. The molecule has 1 aliphatic carbocycles. The van der Waals surface area contributed by atoms with E-state index < -0.39 is 0 Å². The Bertz CT molecular complexity index is 332. The normalized spacial score (nSPS) is 18.8. The fourth-order valence-corrected chi connectivity index (χ4v) is 3.99. The molecule has 1 rings (SSSR count). The van der Waals surface area contributed by atoms with E-state index in [2.05, 4.69) is 17.0 Å². The summed E-state index contributed by atoms with van der Waals surface area (Å²) < 4.78 is 4.62. The Balaban J connectivity index is 1.72. The number of esters is 1. The van der Waals surface area contributed by atoms with Crippen molar-refractivity contribution >= 4 is 5.97 Å². The van der Waals surface area contributed by atoms with Crippen LogP contribution in [0.15, 0.2) is 0 Å². The molecule has 3 heteroatoms. The number of hydrogen-bond acceptors (Lipinski definition) is 3. The monoisotopic (exact) mass is 367 g/mol. The van der Waals surface area contributed by atoms with Gasteiger partial charge in [-0.2, -0.15) is 0 Å². The number of methoxy groups -OCH3 is 1. The van der Waals surface area contributed by atoms with Gasteiger partial charge in [-0.05, 0) is 31.2 Å². The van der Waals surface area contributed by atoms with Gasteiger partial charge in [-0.3, -0.25) is 4.79 Å². The maximum atomic E-state index is 11.0. The molecule has 0 saturated heterocycles. The van der Waals surface area contributed by atoms with Crippen molar-refractivity contribution in [3.63, 3.8) is 0 Å². The van der Waals surface area contributed by atoms with Gasteiger partial charge >= 0.3 is 5.97 Å². The van der Waals surface area contributed by atoms with Crippen LogP contribution in [0.2, 0.25) is 0 Å². The Morgan fingerprint density at radius 1 is 0.808 bits per heavy atom. The third-order valence-corrected chi connectivity index (χ3v) is 5.91. The molecule has 2 unspecified atom stereocenters. The van der Waals surface area contributed by atoms with Crippen LogP contribution in [-0.4, -0.2) is 26.2 Å². The number of nitrogens with one attached hydrogen (secondary N) is 1. The molecule has 0 aromatic rings. The van der Waals surface area contributed by atoms with Crippen LogP contribution in [-0.2, 0) is 9.53 Å². The summed E-state index contributed by atoms with van der Waals surface area (Å²) in [5.74, 6) is 2.06. The lowest BCUT2D eigenvalue weighted by atomic mass is 10.0. The Labute approximate surface area is 163 Å². The highest BCUT2D eigenvalue weighted by atomic mass is 16.5. The molecule has 0 aromatic heterocycles. The topological polar surface area (TPSA) is 38.3 Å². The smallest absolute Gasteiger partial charge is 0.306 e. The highest BCUT2D eigenvalue weighted by Crippen LogP contribution is 2.45. The fraction of sp³-hybridized carbons (Fsp3) is 0.957. The van der Waals surface area contributed by atoms with Gasteiger partial charge in [0.05, 0.1) is 13.5 Å².